The highest BCUT2D eigenvalue weighted by Gasteiger charge is 2.24. The number of carbonyl (C=O) groups excluding carboxylic acids is 2. The van der Waals surface area contributed by atoms with Gasteiger partial charge in [-0.3, -0.25) is 4.79 Å². The molecule has 8 heteroatoms. The molecule has 0 aliphatic carbocycles. The van der Waals surface area contributed by atoms with Crippen LogP contribution in [-0.2, 0) is 29.2 Å². The fourth-order valence-corrected chi connectivity index (χ4v) is 4.74. The Hall–Kier alpha value is -3.88. The quantitative estimate of drug-likeness (QED) is 0.163. The van der Waals surface area contributed by atoms with E-state index < -0.39 is 12.0 Å². The van der Waals surface area contributed by atoms with Gasteiger partial charge in [-0.15, -0.1) is 0 Å². The number of amides is 1. The van der Waals surface area contributed by atoms with Gasteiger partial charge in [0.2, 0.25) is 0 Å². The van der Waals surface area contributed by atoms with Gasteiger partial charge in [-0.05, 0) is 65.3 Å². The van der Waals surface area contributed by atoms with Crippen molar-refractivity contribution in [2.75, 3.05) is 12.0 Å². The fourth-order valence-electron chi connectivity index (χ4n) is 4.27. The molecule has 0 spiro atoms. The van der Waals surface area contributed by atoms with Gasteiger partial charge in [-0.1, -0.05) is 74.5 Å². The third-order valence-electron chi connectivity index (χ3n) is 6.39. The number of ether oxygens (including phenoxy) is 1. The topological polar surface area (TPSA) is 96.1 Å². The van der Waals surface area contributed by atoms with Crippen LogP contribution in [0.25, 0.3) is 11.1 Å². The molecule has 1 amide bonds. The summed E-state index contributed by atoms with van der Waals surface area (Å²) in [7, 11) is 0. The maximum atomic E-state index is 13.6. The molecule has 4 aromatic rings. The summed E-state index contributed by atoms with van der Waals surface area (Å²) >= 11 is 1.62. The highest BCUT2D eigenvalue weighted by atomic mass is 32.2. The molecule has 3 aromatic carbocycles. The van der Waals surface area contributed by atoms with Crippen molar-refractivity contribution in [3.05, 3.63) is 113 Å². The molecule has 4 rings (SSSR count). The Morgan fingerprint density at radius 3 is 2.41 bits per heavy atom. The van der Waals surface area contributed by atoms with E-state index in [-0.39, 0.29) is 12.5 Å². The van der Waals surface area contributed by atoms with Gasteiger partial charge in [0.15, 0.2) is 0 Å². The number of rotatable bonds is 13. The number of aryl methyl sites for hydroxylation is 1. The van der Waals surface area contributed by atoms with Crippen LogP contribution in [0.3, 0.4) is 0 Å². The lowest BCUT2D eigenvalue weighted by Gasteiger charge is -2.20. The Bertz CT molecular complexity index is 1360. The van der Waals surface area contributed by atoms with E-state index in [4.69, 9.17) is 4.74 Å². The van der Waals surface area contributed by atoms with Gasteiger partial charge in [0.05, 0.1) is 6.33 Å². The summed E-state index contributed by atoms with van der Waals surface area (Å²) in [5.41, 5.74) is 6.34. The lowest BCUT2D eigenvalue weighted by molar-refractivity contribution is -0.147. The minimum atomic E-state index is -0.742. The van der Waals surface area contributed by atoms with Gasteiger partial charge >= 0.3 is 5.97 Å². The number of esters is 1. The van der Waals surface area contributed by atoms with E-state index in [1.54, 1.807) is 24.3 Å². The first-order chi connectivity index (χ1) is 20.0. The summed E-state index contributed by atoms with van der Waals surface area (Å²) in [5, 5.41) is 6.37. The molecule has 1 aromatic heterocycles. The van der Waals surface area contributed by atoms with Crippen molar-refractivity contribution in [1.29, 1.82) is 0 Å². The van der Waals surface area contributed by atoms with Crippen LogP contribution in [0.5, 0.6) is 0 Å². The van der Waals surface area contributed by atoms with Crippen molar-refractivity contribution in [2.24, 2.45) is 0 Å². The van der Waals surface area contributed by atoms with Crippen molar-refractivity contribution in [1.82, 2.24) is 20.6 Å². The van der Waals surface area contributed by atoms with E-state index in [0.29, 0.717) is 25.1 Å². The molecular formula is C33H40N4O3S. The molecule has 0 saturated heterocycles. The number of thioether (sulfide) groups is 1. The van der Waals surface area contributed by atoms with Crippen molar-refractivity contribution in [3.63, 3.8) is 0 Å². The number of H-pyrrole nitrogens is 1. The summed E-state index contributed by atoms with van der Waals surface area (Å²) in [6.45, 7) is 7.48. The summed E-state index contributed by atoms with van der Waals surface area (Å²) < 4.78 is 5.57. The zero-order valence-electron chi connectivity index (χ0n) is 24.3. The largest absolute Gasteiger partial charge is 0.459 e. The van der Waals surface area contributed by atoms with E-state index in [1.165, 1.54) is 0 Å². The molecule has 3 N–H and O–H groups in total. The second-order valence-corrected chi connectivity index (χ2v) is 10.3. The molecule has 1 unspecified atom stereocenters. The standard InChI is InChI=1S/C31H34N4O3S.C2H6/c1-22-8-6-7-11-26(22)28-16-24(17-32-18-25-19-33-21-34-25)12-13-27(28)30(36)35-29(14-15-39-2)31(37)38-20-23-9-4-3-5-10-23;1-2/h3-13,16,19,21,29,32H,14-15,17-18,20H2,1-2H3,(H,33,34)(H,35,36);1-2H3. The van der Waals surface area contributed by atoms with Crippen LogP contribution in [-0.4, -0.2) is 39.9 Å². The molecule has 1 heterocycles. The Balaban J connectivity index is 0.00000226. The molecule has 0 aliphatic rings. The first-order valence-corrected chi connectivity index (χ1v) is 15.3. The minimum Gasteiger partial charge on any atom is -0.459 e. The van der Waals surface area contributed by atoms with E-state index in [2.05, 4.69) is 20.6 Å². The second-order valence-electron chi connectivity index (χ2n) is 9.28. The monoisotopic (exact) mass is 572 g/mol. The van der Waals surface area contributed by atoms with Crippen LogP contribution < -0.4 is 10.6 Å². The zero-order valence-corrected chi connectivity index (χ0v) is 25.1. The zero-order chi connectivity index (χ0) is 29.5. The highest BCUT2D eigenvalue weighted by Crippen LogP contribution is 2.28. The Morgan fingerprint density at radius 2 is 1.71 bits per heavy atom. The van der Waals surface area contributed by atoms with E-state index in [1.807, 2.05) is 99.8 Å². The van der Waals surface area contributed by atoms with Gasteiger partial charge in [0, 0.05) is 30.5 Å². The van der Waals surface area contributed by atoms with Gasteiger partial charge in [0.1, 0.15) is 12.6 Å². The third kappa shape index (κ3) is 9.62. The smallest absolute Gasteiger partial charge is 0.329 e. The molecule has 0 aliphatic heterocycles. The number of nitrogens with zero attached hydrogens (tertiary/aromatic N) is 1. The number of aromatic nitrogens is 2. The van der Waals surface area contributed by atoms with Gasteiger partial charge in [0.25, 0.3) is 5.91 Å². The molecule has 0 radical (unpaired) electrons. The average Bonchev–Trinajstić information content (AvgIpc) is 3.53. The van der Waals surface area contributed by atoms with Gasteiger partial charge < -0.3 is 20.4 Å². The Morgan fingerprint density at radius 1 is 0.951 bits per heavy atom. The Kier molecular flexibility index (Phi) is 13.2. The van der Waals surface area contributed by atoms with Gasteiger partial charge in [-0.25, -0.2) is 9.78 Å². The minimum absolute atomic E-state index is 0.167. The average molecular weight is 573 g/mol. The van der Waals surface area contributed by atoms with Crippen molar-refractivity contribution < 1.29 is 14.3 Å². The van der Waals surface area contributed by atoms with Gasteiger partial charge in [-0.2, -0.15) is 11.8 Å². The summed E-state index contributed by atoms with van der Waals surface area (Å²) in [6, 6.07) is 22.6. The lowest BCUT2D eigenvalue weighted by Crippen LogP contribution is -2.42. The molecule has 1 atom stereocenters. The third-order valence-corrected chi connectivity index (χ3v) is 7.03. The van der Waals surface area contributed by atoms with Crippen LogP contribution in [0, 0.1) is 6.92 Å². The molecule has 0 fully saturated rings. The SMILES string of the molecule is CC.CSCCC(NC(=O)c1ccc(CNCc2cnc[nH]2)cc1-c1ccccc1C)C(=O)OCc1ccccc1. The number of carbonyl (C=O) groups is 2. The molecular weight excluding hydrogens is 532 g/mol. The van der Waals surface area contributed by atoms with Crippen molar-refractivity contribution in [2.45, 2.75) is 52.9 Å². The molecule has 7 nitrogen and oxygen atoms in total. The second kappa shape index (κ2) is 17.0. The van der Waals surface area contributed by atoms with Crippen molar-refractivity contribution >= 4 is 23.6 Å². The lowest BCUT2D eigenvalue weighted by atomic mass is 9.93. The predicted molar refractivity (Wildman–Crippen MR) is 168 cm³/mol. The summed E-state index contributed by atoms with van der Waals surface area (Å²) in [4.78, 5) is 33.8. The first-order valence-electron chi connectivity index (χ1n) is 13.9. The number of aromatic amines is 1. The van der Waals surface area contributed by atoms with E-state index >= 15 is 0 Å². The van der Waals surface area contributed by atoms with Crippen LogP contribution in [0.4, 0.5) is 0 Å². The highest BCUT2D eigenvalue weighted by molar-refractivity contribution is 7.98. The van der Waals surface area contributed by atoms with Crippen LogP contribution >= 0.6 is 11.8 Å². The maximum Gasteiger partial charge on any atom is 0.329 e. The van der Waals surface area contributed by atoms with Crippen molar-refractivity contribution in [3.8, 4) is 11.1 Å². The fraction of sp³-hybridized carbons (Fsp3) is 0.303. The Labute approximate surface area is 247 Å². The first kappa shape index (κ1) is 31.6. The summed E-state index contributed by atoms with van der Waals surface area (Å²) in [5.74, 6) is -0.0111. The number of benzene rings is 3. The number of nitrogens with one attached hydrogen (secondary N) is 3. The predicted octanol–water partition coefficient (Wildman–Crippen LogP) is 6.30. The van der Waals surface area contributed by atoms with E-state index in [9.17, 15) is 9.59 Å². The maximum absolute atomic E-state index is 13.6. The number of hydrogen-bond acceptors (Lipinski definition) is 6. The molecule has 0 bridgehead atoms. The molecule has 0 saturated carbocycles. The number of hydrogen-bond donors (Lipinski definition) is 3. The van der Waals surface area contributed by atoms with Crippen LogP contribution in [0.15, 0.2) is 85.3 Å². The summed E-state index contributed by atoms with van der Waals surface area (Å²) in [6.07, 6.45) is 5.90. The van der Waals surface area contributed by atoms with Crippen LogP contribution in [0.1, 0.15) is 53.0 Å². The number of imidazole rings is 1. The van der Waals surface area contributed by atoms with Crippen LogP contribution in [0.2, 0.25) is 0 Å². The molecule has 41 heavy (non-hydrogen) atoms. The van der Waals surface area contributed by atoms with E-state index in [0.717, 1.165) is 39.3 Å². The molecule has 216 valence electrons. The normalized spacial score (nSPS) is 11.2.